The van der Waals surface area contributed by atoms with Crippen LogP contribution in [0.4, 0.5) is 0 Å². The molecule has 0 aliphatic rings. The summed E-state index contributed by atoms with van der Waals surface area (Å²) in [5.74, 6) is -1.18. The lowest BCUT2D eigenvalue weighted by Crippen LogP contribution is -2.38. The summed E-state index contributed by atoms with van der Waals surface area (Å²) in [5, 5.41) is 12.9. The van der Waals surface area contributed by atoms with Gasteiger partial charge in [0.1, 0.15) is 5.56 Å². The first kappa shape index (κ1) is 15.0. The summed E-state index contributed by atoms with van der Waals surface area (Å²) in [6.45, 7) is 5.70. The van der Waals surface area contributed by atoms with E-state index in [1.807, 2.05) is 20.8 Å². The predicted molar refractivity (Wildman–Crippen MR) is 76.1 cm³/mol. The Bertz CT molecular complexity index is 678. The summed E-state index contributed by atoms with van der Waals surface area (Å²) in [7, 11) is 0. The normalized spacial score (nSPS) is 11.0. The minimum atomic E-state index is -0.928. The van der Waals surface area contributed by atoms with Crippen LogP contribution in [0, 0.1) is 6.92 Å². The Morgan fingerprint density at radius 2 is 2.14 bits per heavy atom. The zero-order valence-corrected chi connectivity index (χ0v) is 12.3. The van der Waals surface area contributed by atoms with Crippen LogP contribution >= 0.6 is 0 Å². The van der Waals surface area contributed by atoms with Gasteiger partial charge in [0.15, 0.2) is 5.65 Å². The van der Waals surface area contributed by atoms with E-state index in [0.717, 1.165) is 5.69 Å². The minimum Gasteiger partial charge on any atom is -0.481 e. The highest BCUT2D eigenvalue weighted by Crippen LogP contribution is 2.14. The van der Waals surface area contributed by atoms with Crippen LogP contribution in [0.5, 0.6) is 0 Å². The van der Waals surface area contributed by atoms with Crippen LogP contribution in [-0.4, -0.2) is 49.1 Å². The number of nitrogens with zero attached hydrogens (tertiary/aromatic N) is 4. The van der Waals surface area contributed by atoms with Crippen molar-refractivity contribution in [3.8, 4) is 0 Å². The average molecular weight is 290 g/mol. The molecule has 0 unspecified atom stereocenters. The Hall–Kier alpha value is -2.44. The topological polar surface area (TPSA) is 87.8 Å². The van der Waals surface area contributed by atoms with E-state index in [1.165, 1.54) is 15.6 Å². The van der Waals surface area contributed by atoms with Crippen molar-refractivity contribution in [2.24, 2.45) is 0 Å². The summed E-state index contributed by atoms with van der Waals surface area (Å²) < 4.78 is 1.54. The fourth-order valence-corrected chi connectivity index (χ4v) is 2.08. The molecule has 0 bridgehead atoms. The molecule has 112 valence electrons. The molecule has 2 heterocycles. The average Bonchev–Trinajstić information content (AvgIpc) is 2.80. The van der Waals surface area contributed by atoms with Crippen molar-refractivity contribution in [3.63, 3.8) is 0 Å². The van der Waals surface area contributed by atoms with Gasteiger partial charge in [-0.2, -0.15) is 5.10 Å². The molecule has 2 aromatic heterocycles. The molecule has 0 spiro atoms. The Kier molecular flexibility index (Phi) is 4.21. The van der Waals surface area contributed by atoms with E-state index in [2.05, 4.69) is 10.1 Å². The molecule has 0 radical (unpaired) electrons. The maximum absolute atomic E-state index is 12.6. The van der Waals surface area contributed by atoms with Gasteiger partial charge in [-0.1, -0.05) is 0 Å². The van der Waals surface area contributed by atoms with Gasteiger partial charge in [0, 0.05) is 24.5 Å². The smallest absolute Gasteiger partial charge is 0.305 e. The molecule has 7 heteroatoms. The van der Waals surface area contributed by atoms with Crippen LogP contribution in [0.25, 0.3) is 5.65 Å². The largest absolute Gasteiger partial charge is 0.481 e. The van der Waals surface area contributed by atoms with Crippen LogP contribution < -0.4 is 0 Å². The summed E-state index contributed by atoms with van der Waals surface area (Å²) in [4.78, 5) is 29.2. The zero-order valence-electron chi connectivity index (χ0n) is 12.3. The second kappa shape index (κ2) is 5.90. The number of aliphatic carboxylic acids is 1. The van der Waals surface area contributed by atoms with Gasteiger partial charge in [-0.15, -0.1) is 0 Å². The molecule has 0 atom stereocenters. The van der Waals surface area contributed by atoms with Gasteiger partial charge >= 0.3 is 5.97 Å². The Balaban J connectivity index is 2.34. The number of fused-ring (bicyclic) bond motifs is 1. The second-order valence-corrected chi connectivity index (χ2v) is 5.13. The number of hydrogen-bond acceptors (Lipinski definition) is 4. The second-order valence-electron chi connectivity index (χ2n) is 5.13. The summed E-state index contributed by atoms with van der Waals surface area (Å²) in [6, 6.07) is 1.70. The Labute approximate surface area is 122 Å². The number of hydrogen-bond donors (Lipinski definition) is 1. The van der Waals surface area contributed by atoms with Crippen molar-refractivity contribution in [3.05, 3.63) is 29.7 Å². The van der Waals surface area contributed by atoms with Gasteiger partial charge in [-0.25, -0.2) is 9.50 Å². The first-order valence-corrected chi connectivity index (χ1v) is 6.74. The summed E-state index contributed by atoms with van der Waals surface area (Å²) >= 11 is 0. The van der Waals surface area contributed by atoms with E-state index in [1.54, 1.807) is 12.3 Å². The highest BCUT2D eigenvalue weighted by molar-refractivity contribution is 5.99. The predicted octanol–water partition coefficient (Wildman–Crippen LogP) is 1.36. The maximum Gasteiger partial charge on any atom is 0.305 e. The third-order valence-electron chi connectivity index (χ3n) is 3.19. The molecule has 7 nitrogen and oxygen atoms in total. The van der Waals surface area contributed by atoms with Gasteiger partial charge < -0.3 is 10.0 Å². The molecule has 21 heavy (non-hydrogen) atoms. The van der Waals surface area contributed by atoms with Crippen molar-refractivity contribution in [2.45, 2.75) is 33.2 Å². The SMILES string of the molecule is Cc1ccn2ncc(C(=O)N(CCC(=O)O)C(C)C)c2n1. The fraction of sp³-hybridized carbons (Fsp3) is 0.429. The van der Waals surface area contributed by atoms with Crippen LogP contribution in [0.3, 0.4) is 0 Å². The van der Waals surface area contributed by atoms with Crippen molar-refractivity contribution in [1.82, 2.24) is 19.5 Å². The molecule has 0 fully saturated rings. The van der Waals surface area contributed by atoms with Crippen molar-refractivity contribution < 1.29 is 14.7 Å². The molecule has 0 aliphatic heterocycles. The first-order valence-electron chi connectivity index (χ1n) is 6.74. The first-order chi connectivity index (χ1) is 9.90. The Morgan fingerprint density at radius 3 is 2.76 bits per heavy atom. The van der Waals surface area contributed by atoms with Crippen molar-refractivity contribution >= 4 is 17.5 Å². The third kappa shape index (κ3) is 3.18. The number of carboxylic acids is 1. The number of aryl methyl sites for hydroxylation is 1. The zero-order chi connectivity index (χ0) is 15.6. The molecule has 1 amide bonds. The van der Waals surface area contributed by atoms with Crippen molar-refractivity contribution in [1.29, 1.82) is 0 Å². The van der Waals surface area contributed by atoms with Gasteiger partial charge in [0.2, 0.25) is 0 Å². The molecular weight excluding hydrogens is 272 g/mol. The van der Waals surface area contributed by atoms with E-state index in [9.17, 15) is 9.59 Å². The number of carbonyl (C=O) groups excluding carboxylic acids is 1. The lowest BCUT2D eigenvalue weighted by atomic mass is 10.2. The van der Waals surface area contributed by atoms with Crippen LogP contribution in [-0.2, 0) is 4.79 Å². The molecule has 0 saturated carbocycles. The lowest BCUT2D eigenvalue weighted by molar-refractivity contribution is -0.137. The number of rotatable bonds is 5. The monoisotopic (exact) mass is 290 g/mol. The standard InChI is InChI=1S/C14H18N4O3/c1-9(2)17(6-5-12(19)20)14(21)11-8-15-18-7-4-10(3)16-13(11)18/h4,7-9H,5-6H2,1-3H3,(H,19,20). The van der Waals surface area contributed by atoms with Crippen LogP contribution in [0.15, 0.2) is 18.5 Å². The third-order valence-corrected chi connectivity index (χ3v) is 3.19. The molecular formula is C14H18N4O3. The van der Waals surface area contributed by atoms with Crippen LogP contribution in [0.1, 0.15) is 36.3 Å². The molecule has 2 rings (SSSR count). The number of carbonyl (C=O) groups is 2. The molecule has 1 N–H and O–H groups in total. The van der Waals surface area contributed by atoms with Gasteiger partial charge in [0.05, 0.1) is 12.6 Å². The highest BCUT2D eigenvalue weighted by atomic mass is 16.4. The maximum atomic E-state index is 12.6. The van der Waals surface area contributed by atoms with Gasteiger partial charge in [0.25, 0.3) is 5.91 Å². The molecule has 0 aliphatic carbocycles. The molecule has 0 saturated heterocycles. The lowest BCUT2D eigenvalue weighted by Gasteiger charge is -2.25. The fourth-order valence-electron chi connectivity index (χ4n) is 2.08. The van der Waals surface area contributed by atoms with E-state index < -0.39 is 5.97 Å². The van der Waals surface area contributed by atoms with E-state index in [-0.39, 0.29) is 24.9 Å². The van der Waals surface area contributed by atoms with Gasteiger partial charge in [-0.3, -0.25) is 9.59 Å². The Morgan fingerprint density at radius 1 is 1.43 bits per heavy atom. The summed E-state index contributed by atoms with van der Waals surface area (Å²) in [6.07, 6.45) is 3.13. The van der Waals surface area contributed by atoms with E-state index >= 15 is 0 Å². The summed E-state index contributed by atoms with van der Waals surface area (Å²) in [5.41, 5.74) is 1.66. The highest BCUT2D eigenvalue weighted by Gasteiger charge is 2.23. The molecule has 0 aromatic carbocycles. The van der Waals surface area contributed by atoms with E-state index in [4.69, 9.17) is 5.11 Å². The van der Waals surface area contributed by atoms with Gasteiger partial charge in [-0.05, 0) is 26.8 Å². The number of amides is 1. The quantitative estimate of drug-likeness (QED) is 0.898. The van der Waals surface area contributed by atoms with Crippen LogP contribution in [0.2, 0.25) is 0 Å². The van der Waals surface area contributed by atoms with Crippen molar-refractivity contribution in [2.75, 3.05) is 6.54 Å². The number of carboxylic acid groups (broad SMARTS) is 1. The minimum absolute atomic E-state index is 0.0877. The molecule has 2 aromatic rings. The number of aromatic nitrogens is 3. The van der Waals surface area contributed by atoms with E-state index in [0.29, 0.717) is 11.2 Å².